The van der Waals surface area contributed by atoms with E-state index in [1.807, 2.05) is 0 Å². The number of aliphatic imine (C=N–C) groups is 1. The normalized spacial score (nSPS) is 11.2. The molecule has 1 aromatic carbocycles. The Hall–Kier alpha value is -1.75. The van der Waals surface area contributed by atoms with Crippen molar-refractivity contribution in [1.29, 1.82) is 0 Å². The molecular weight excluding hydrogens is 154 g/mol. The lowest BCUT2D eigenvalue weighted by atomic mass is 10.3. The number of hydrogen-bond acceptors (Lipinski definition) is 3. The Morgan fingerprint density at radius 3 is 2.33 bits per heavy atom. The molecule has 0 spiro atoms. The number of nitrogens with two attached hydrogens (primary N) is 3. The molecule has 7 N–H and O–H groups in total. The van der Waals surface area contributed by atoms with Crippen molar-refractivity contribution in [3.05, 3.63) is 24.3 Å². The minimum atomic E-state index is 0.166. The highest BCUT2D eigenvalue weighted by Crippen LogP contribution is 2.13. The highest BCUT2D eigenvalue weighted by Gasteiger charge is 1.89. The van der Waals surface area contributed by atoms with Gasteiger partial charge < -0.3 is 11.5 Å². The van der Waals surface area contributed by atoms with E-state index >= 15 is 0 Å². The van der Waals surface area contributed by atoms with E-state index in [1.54, 1.807) is 24.3 Å². The maximum absolute atomic E-state index is 5.47. The van der Waals surface area contributed by atoms with Gasteiger partial charge in [0.05, 0.1) is 5.69 Å². The van der Waals surface area contributed by atoms with Crippen LogP contribution in [0.3, 0.4) is 0 Å². The maximum Gasteiger partial charge on any atom is 0.208 e. The second kappa shape index (κ2) is 3.59. The van der Waals surface area contributed by atoms with Gasteiger partial charge in [0.2, 0.25) is 5.96 Å². The highest BCUT2D eigenvalue weighted by molar-refractivity contribution is 5.80. The number of nitrogens with one attached hydrogen (secondary N) is 1. The van der Waals surface area contributed by atoms with Crippen molar-refractivity contribution in [3.8, 4) is 0 Å². The number of nitrogen functional groups attached to an aromatic ring is 1. The van der Waals surface area contributed by atoms with Gasteiger partial charge in [0.15, 0.2) is 0 Å². The van der Waals surface area contributed by atoms with Crippen molar-refractivity contribution in [3.63, 3.8) is 0 Å². The summed E-state index contributed by atoms with van der Waals surface area (Å²) in [5, 5.41) is 0. The van der Waals surface area contributed by atoms with Crippen molar-refractivity contribution in [2.45, 2.75) is 0 Å². The van der Waals surface area contributed by atoms with Crippen molar-refractivity contribution < 1.29 is 0 Å². The van der Waals surface area contributed by atoms with Crippen molar-refractivity contribution in [1.82, 2.24) is 5.43 Å². The van der Waals surface area contributed by atoms with E-state index in [0.717, 1.165) is 0 Å². The Morgan fingerprint density at radius 1 is 1.25 bits per heavy atom. The van der Waals surface area contributed by atoms with Gasteiger partial charge in [-0.3, -0.25) is 5.43 Å². The molecule has 0 radical (unpaired) electrons. The van der Waals surface area contributed by atoms with E-state index in [2.05, 4.69) is 10.4 Å². The lowest BCUT2D eigenvalue weighted by molar-refractivity contribution is 1.01. The monoisotopic (exact) mass is 165 g/mol. The zero-order valence-corrected chi connectivity index (χ0v) is 6.49. The van der Waals surface area contributed by atoms with Crippen LogP contribution >= 0.6 is 0 Å². The molecule has 0 bridgehead atoms. The largest absolute Gasteiger partial charge is 0.399 e. The quantitative estimate of drug-likeness (QED) is 0.150. The molecule has 64 valence electrons. The Bertz CT molecular complexity index is 276. The molecule has 0 aromatic heterocycles. The van der Waals surface area contributed by atoms with Crippen molar-refractivity contribution in [2.75, 3.05) is 5.73 Å². The molecule has 0 saturated heterocycles. The molecule has 5 nitrogen and oxygen atoms in total. The minimum Gasteiger partial charge on any atom is -0.399 e. The standard InChI is InChI=1S/C7H11N5/c8-5-1-3-6(4-2-5)11-7(9)12-10/h1-4H,8,10H2,(H3,9,11,12). The number of benzene rings is 1. The van der Waals surface area contributed by atoms with Gasteiger partial charge in [0.25, 0.3) is 0 Å². The molecule has 0 heterocycles. The van der Waals surface area contributed by atoms with E-state index in [4.69, 9.17) is 17.3 Å². The summed E-state index contributed by atoms with van der Waals surface area (Å²) < 4.78 is 0. The van der Waals surface area contributed by atoms with E-state index < -0.39 is 0 Å². The molecule has 0 aliphatic rings. The molecule has 0 amide bonds. The summed E-state index contributed by atoms with van der Waals surface area (Å²) >= 11 is 0. The second-order valence-corrected chi connectivity index (χ2v) is 2.23. The fraction of sp³-hybridized carbons (Fsp3) is 0. The zero-order chi connectivity index (χ0) is 8.97. The predicted octanol–water partition coefficient (Wildman–Crippen LogP) is -0.322. The van der Waals surface area contributed by atoms with Crippen molar-refractivity contribution in [2.24, 2.45) is 16.6 Å². The number of rotatable bonds is 1. The van der Waals surface area contributed by atoms with Gasteiger partial charge >= 0.3 is 0 Å². The number of nitrogens with zero attached hydrogens (tertiary/aromatic N) is 1. The van der Waals surface area contributed by atoms with Crippen molar-refractivity contribution >= 4 is 17.3 Å². The highest BCUT2D eigenvalue weighted by atomic mass is 15.3. The van der Waals surface area contributed by atoms with Crippen LogP contribution < -0.4 is 22.7 Å². The van der Waals surface area contributed by atoms with Crippen LogP contribution in [0.15, 0.2) is 29.3 Å². The van der Waals surface area contributed by atoms with Crippen LogP contribution in [0.4, 0.5) is 11.4 Å². The molecule has 12 heavy (non-hydrogen) atoms. The number of hydrogen-bond donors (Lipinski definition) is 4. The van der Waals surface area contributed by atoms with Crippen LogP contribution in [-0.4, -0.2) is 5.96 Å². The molecule has 0 atom stereocenters. The van der Waals surface area contributed by atoms with E-state index in [1.165, 1.54) is 0 Å². The minimum absolute atomic E-state index is 0.166. The van der Waals surface area contributed by atoms with Gasteiger partial charge in [-0.15, -0.1) is 0 Å². The zero-order valence-electron chi connectivity index (χ0n) is 6.49. The Kier molecular flexibility index (Phi) is 2.49. The summed E-state index contributed by atoms with van der Waals surface area (Å²) in [4.78, 5) is 3.92. The molecule has 1 rings (SSSR count). The topological polar surface area (TPSA) is 102 Å². The summed E-state index contributed by atoms with van der Waals surface area (Å²) in [5.41, 5.74) is 14.4. The molecule has 0 fully saturated rings. The summed E-state index contributed by atoms with van der Waals surface area (Å²) in [6.07, 6.45) is 0. The van der Waals surface area contributed by atoms with Gasteiger partial charge in [-0.05, 0) is 24.3 Å². The SMILES string of the molecule is NNC(N)=Nc1ccc(N)cc1. The molecular formula is C7H11N5. The summed E-state index contributed by atoms with van der Waals surface area (Å²) in [6.45, 7) is 0. The molecule has 1 aromatic rings. The lowest BCUT2D eigenvalue weighted by Crippen LogP contribution is -2.36. The van der Waals surface area contributed by atoms with Gasteiger partial charge in [0, 0.05) is 5.69 Å². The van der Waals surface area contributed by atoms with Gasteiger partial charge in [0.1, 0.15) is 0 Å². The summed E-state index contributed by atoms with van der Waals surface area (Å²) in [6, 6.07) is 6.98. The van der Waals surface area contributed by atoms with Gasteiger partial charge in [-0.25, -0.2) is 10.8 Å². The Balaban J connectivity index is 2.84. The molecule has 0 aliphatic heterocycles. The third kappa shape index (κ3) is 2.14. The average molecular weight is 165 g/mol. The first-order valence-corrected chi connectivity index (χ1v) is 3.38. The smallest absolute Gasteiger partial charge is 0.208 e. The van der Waals surface area contributed by atoms with Gasteiger partial charge in [-0.1, -0.05) is 0 Å². The fourth-order valence-corrected chi connectivity index (χ4v) is 0.720. The van der Waals surface area contributed by atoms with E-state index in [9.17, 15) is 0 Å². The maximum atomic E-state index is 5.47. The van der Waals surface area contributed by atoms with Gasteiger partial charge in [-0.2, -0.15) is 0 Å². The molecule has 0 unspecified atom stereocenters. The van der Waals surface area contributed by atoms with Crippen LogP contribution in [-0.2, 0) is 0 Å². The lowest BCUT2D eigenvalue weighted by Gasteiger charge is -1.98. The van der Waals surface area contributed by atoms with Crippen LogP contribution in [0.1, 0.15) is 0 Å². The molecule has 0 aliphatic carbocycles. The van der Waals surface area contributed by atoms with Crippen LogP contribution in [0.25, 0.3) is 0 Å². The van der Waals surface area contributed by atoms with Crippen LogP contribution in [0.5, 0.6) is 0 Å². The predicted molar refractivity (Wildman–Crippen MR) is 49.5 cm³/mol. The first-order chi connectivity index (χ1) is 5.72. The second-order valence-electron chi connectivity index (χ2n) is 2.23. The number of anilines is 1. The third-order valence-corrected chi connectivity index (χ3v) is 1.29. The first-order valence-electron chi connectivity index (χ1n) is 3.38. The van der Waals surface area contributed by atoms with Crippen LogP contribution in [0.2, 0.25) is 0 Å². The Labute approximate surface area is 70.2 Å². The first kappa shape index (κ1) is 8.35. The summed E-state index contributed by atoms with van der Waals surface area (Å²) in [5.74, 6) is 5.19. The fourth-order valence-electron chi connectivity index (χ4n) is 0.720. The third-order valence-electron chi connectivity index (χ3n) is 1.29. The molecule has 5 heteroatoms. The number of guanidine groups is 1. The Morgan fingerprint density at radius 2 is 1.83 bits per heavy atom. The van der Waals surface area contributed by atoms with E-state index in [0.29, 0.717) is 11.4 Å². The average Bonchev–Trinajstić information content (AvgIpc) is 2.09. The molecule has 0 saturated carbocycles. The number of hydrazine groups is 1. The van der Waals surface area contributed by atoms with E-state index in [-0.39, 0.29) is 5.96 Å². The van der Waals surface area contributed by atoms with Crippen LogP contribution in [0, 0.1) is 0 Å². The summed E-state index contributed by atoms with van der Waals surface area (Å²) in [7, 11) is 0.